The van der Waals surface area contributed by atoms with Crippen molar-refractivity contribution in [3.05, 3.63) is 71.3 Å². The number of carbonyl (C=O) groups is 1. The van der Waals surface area contributed by atoms with Crippen LogP contribution in [0.3, 0.4) is 0 Å². The van der Waals surface area contributed by atoms with Gasteiger partial charge in [-0.15, -0.1) is 0 Å². The zero-order chi connectivity index (χ0) is 16.1. The number of benzene rings is 2. The second-order valence-electron chi connectivity index (χ2n) is 5.90. The van der Waals surface area contributed by atoms with E-state index >= 15 is 0 Å². The fourth-order valence-corrected chi connectivity index (χ4v) is 3.18. The number of hydrogen-bond donors (Lipinski definition) is 3. The molecule has 1 heterocycles. The van der Waals surface area contributed by atoms with Gasteiger partial charge >= 0.3 is 0 Å². The molecule has 0 spiro atoms. The fourth-order valence-electron chi connectivity index (χ4n) is 3.18. The second-order valence-corrected chi connectivity index (χ2v) is 5.90. The van der Waals surface area contributed by atoms with Crippen LogP contribution in [0.4, 0.5) is 0 Å². The van der Waals surface area contributed by atoms with Gasteiger partial charge in [-0.2, -0.15) is 0 Å². The van der Waals surface area contributed by atoms with Crippen molar-refractivity contribution in [3.8, 4) is 0 Å². The predicted octanol–water partition coefficient (Wildman–Crippen LogP) is 1.73. The predicted molar refractivity (Wildman–Crippen MR) is 92.1 cm³/mol. The van der Waals surface area contributed by atoms with Crippen LogP contribution < -0.4 is 16.4 Å². The lowest BCUT2D eigenvalue weighted by atomic mass is 9.94. The lowest BCUT2D eigenvalue weighted by molar-refractivity contribution is -0.122. The Kier molecular flexibility index (Phi) is 5.05. The maximum atomic E-state index is 12.5. The molecular formula is C19H23N3O. The molecule has 0 bridgehead atoms. The van der Waals surface area contributed by atoms with Gasteiger partial charge in [0.15, 0.2) is 0 Å². The van der Waals surface area contributed by atoms with Gasteiger partial charge in [-0.05, 0) is 29.7 Å². The molecule has 1 aliphatic heterocycles. The number of nitrogens with two attached hydrogens (primary N) is 1. The van der Waals surface area contributed by atoms with Crippen LogP contribution >= 0.6 is 0 Å². The number of nitrogens with one attached hydrogen (secondary N) is 2. The molecule has 2 aromatic rings. The zero-order valence-corrected chi connectivity index (χ0v) is 13.2. The van der Waals surface area contributed by atoms with E-state index in [1.54, 1.807) is 0 Å². The molecular weight excluding hydrogens is 286 g/mol. The lowest BCUT2D eigenvalue weighted by Gasteiger charge is -2.27. The molecule has 0 aromatic heterocycles. The third-order valence-corrected chi connectivity index (χ3v) is 4.45. The van der Waals surface area contributed by atoms with Gasteiger partial charge in [0, 0.05) is 19.1 Å². The van der Waals surface area contributed by atoms with Gasteiger partial charge in [0.25, 0.3) is 0 Å². The Bertz CT molecular complexity index is 657. The van der Waals surface area contributed by atoms with Gasteiger partial charge in [-0.25, -0.2) is 0 Å². The molecule has 0 saturated heterocycles. The Morgan fingerprint density at radius 2 is 1.91 bits per heavy atom. The largest absolute Gasteiger partial charge is 0.354 e. The van der Waals surface area contributed by atoms with Gasteiger partial charge in [-0.3, -0.25) is 4.79 Å². The summed E-state index contributed by atoms with van der Waals surface area (Å²) >= 11 is 0. The summed E-state index contributed by atoms with van der Waals surface area (Å²) in [5, 5.41) is 6.54. The summed E-state index contributed by atoms with van der Waals surface area (Å²) in [4.78, 5) is 12.5. The van der Waals surface area contributed by atoms with Gasteiger partial charge in [-0.1, -0.05) is 54.6 Å². The highest BCUT2D eigenvalue weighted by molar-refractivity contribution is 5.84. The van der Waals surface area contributed by atoms with E-state index in [4.69, 9.17) is 5.73 Å². The molecule has 4 N–H and O–H groups in total. The van der Waals surface area contributed by atoms with Crippen LogP contribution in [0.15, 0.2) is 54.6 Å². The summed E-state index contributed by atoms with van der Waals surface area (Å²) in [6, 6.07) is 18.3. The van der Waals surface area contributed by atoms with Crippen molar-refractivity contribution in [3.63, 3.8) is 0 Å². The van der Waals surface area contributed by atoms with Crippen molar-refractivity contribution in [1.29, 1.82) is 0 Å². The van der Waals surface area contributed by atoms with Crippen molar-refractivity contribution < 1.29 is 4.79 Å². The molecule has 120 valence electrons. The molecule has 0 aliphatic carbocycles. The minimum Gasteiger partial charge on any atom is -0.354 e. The lowest BCUT2D eigenvalue weighted by Crippen LogP contribution is -2.41. The molecule has 2 atom stereocenters. The first-order valence-electron chi connectivity index (χ1n) is 8.13. The van der Waals surface area contributed by atoms with Crippen LogP contribution in [0, 0.1) is 0 Å². The summed E-state index contributed by atoms with van der Waals surface area (Å²) in [6.45, 7) is 1.83. The van der Waals surface area contributed by atoms with Crippen molar-refractivity contribution in [1.82, 2.24) is 10.6 Å². The van der Waals surface area contributed by atoms with Gasteiger partial charge in [0.05, 0.1) is 5.92 Å². The van der Waals surface area contributed by atoms with Crippen LogP contribution in [-0.2, 0) is 11.2 Å². The molecule has 2 unspecified atom stereocenters. The standard InChI is InChI=1S/C19H23N3O/c20-12-17(14-6-2-1-3-7-14)19(23)22-13-18-16-9-5-4-8-15(16)10-11-21-18/h1-9,17-18,21H,10-13,20H2,(H,22,23). The zero-order valence-electron chi connectivity index (χ0n) is 13.2. The first-order valence-corrected chi connectivity index (χ1v) is 8.13. The average Bonchev–Trinajstić information content (AvgIpc) is 2.61. The number of rotatable bonds is 5. The van der Waals surface area contributed by atoms with Gasteiger partial charge in [0.2, 0.25) is 5.91 Å². The average molecular weight is 309 g/mol. The fraction of sp³-hybridized carbons (Fsp3) is 0.316. The normalized spacial score (nSPS) is 18.0. The summed E-state index contributed by atoms with van der Waals surface area (Å²) in [7, 11) is 0. The molecule has 1 amide bonds. The molecule has 2 aromatic carbocycles. The Balaban J connectivity index is 1.65. The van der Waals surface area contributed by atoms with Crippen LogP contribution in [0.2, 0.25) is 0 Å². The molecule has 23 heavy (non-hydrogen) atoms. The van der Waals surface area contributed by atoms with Crippen LogP contribution in [0.5, 0.6) is 0 Å². The maximum absolute atomic E-state index is 12.5. The van der Waals surface area contributed by atoms with Gasteiger partial charge < -0.3 is 16.4 Å². The highest BCUT2D eigenvalue weighted by Crippen LogP contribution is 2.22. The van der Waals surface area contributed by atoms with Crippen LogP contribution in [0.25, 0.3) is 0 Å². The summed E-state index contributed by atoms with van der Waals surface area (Å²) < 4.78 is 0. The maximum Gasteiger partial charge on any atom is 0.228 e. The molecule has 0 fully saturated rings. The van der Waals surface area contributed by atoms with Crippen molar-refractivity contribution in [2.24, 2.45) is 5.73 Å². The van der Waals surface area contributed by atoms with E-state index in [1.165, 1.54) is 11.1 Å². The van der Waals surface area contributed by atoms with E-state index in [1.807, 2.05) is 36.4 Å². The Morgan fingerprint density at radius 3 is 2.70 bits per heavy atom. The molecule has 0 radical (unpaired) electrons. The minimum absolute atomic E-state index is 0.0106. The van der Waals surface area contributed by atoms with Gasteiger partial charge in [0.1, 0.15) is 0 Å². The molecule has 1 aliphatic rings. The smallest absolute Gasteiger partial charge is 0.228 e. The quantitative estimate of drug-likeness (QED) is 0.788. The first kappa shape index (κ1) is 15.7. The van der Waals surface area contributed by atoms with E-state index in [2.05, 4.69) is 28.8 Å². The van der Waals surface area contributed by atoms with E-state index in [0.717, 1.165) is 18.5 Å². The molecule has 0 saturated carbocycles. The molecule has 4 heteroatoms. The SMILES string of the molecule is NCC(C(=O)NCC1NCCc2ccccc21)c1ccccc1. The Hall–Kier alpha value is -2.17. The molecule has 4 nitrogen and oxygen atoms in total. The number of amides is 1. The molecule has 3 rings (SSSR count). The number of hydrogen-bond acceptors (Lipinski definition) is 3. The van der Waals surface area contributed by atoms with E-state index < -0.39 is 0 Å². The second kappa shape index (κ2) is 7.40. The van der Waals surface area contributed by atoms with Crippen molar-refractivity contribution in [2.45, 2.75) is 18.4 Å². The topological polar surface area (TPSA) is 67.2 Å². The first-order chi connectivity index (χ1) is 11.3. The van der Waals surface area contributed by atoms with E-state index in [9.17, 15) is 4.79 Å². The minimum atomic E-state index is -0.296. The van der Waals surface area contributed by atoms with E-state index in [-0.39, 0.29) is 17.9 Å². The summed E-state index contributed by atoms with van der Waals surface area (Å²) in [5.41, 5.74) is 9.42. The summed E-state index contributed by atoms with van der Waals surface area (Å²) in [6.07, 6.45) is 1.04. The number of carbonyl (C=O) groups excluding carboxylic acids is 1. The third kappa shape index (κ3) is 3.60. The van der Waals surface area contributed by atoms with Crippen molar-refractivity contribution >= 4 is 5.91 Å². The van der Waals surface area contributed by atoms with Crippen LogP contribution in [0.1, 0.15) is 28.7 Å². The van der Waals surface area contributed by atoms with E-state index in [0.29, 0.717) is 13.1 Å². The third-order valence-electron chi connectivity index (χ3n) is 4.45. The monoisotopic (exact) mass is 309 g/mol. The highest BCUT2D eigenvalue weighted by Gasteiger charge is 2.22. The highest BCUT2D eigenvalue weighted by atomic mass is 16.1. The number of fused-ring (bicyclic) bond motifs is 1. The summed E-state index contributed by atoms with van der Waals surface area (Å²) in [5.74, 6) is -0.307. The van der Waals surface area contributed by atoms with Crippen molar-refractivity contribution in [2.75, 3.05) is 19.6 Å². The Labute approximate surface area is 137 Å². The Morgan fingerprint density at radius 1 is 1.17 bits per heavy atom. The van der Waals surface area contributed by atoms with Crippen LogP contribution in [-0.4, -0.2) is 25.5 Å².